The number of aromatic nitrogens is 4. The molecule has 114 valence electrons. The predicted octanol–water partition coefficient (Wildman–Crippen LogP) is 2.05. The molecule has 6 heteroatoms. The predicted molar refractivity (Wildman–Crippen MR) is 81.4 cm³/mol. The zero-order chi connectivity index (χ0) is 15.1. The summed E-state index contributed by atoms with van der Waals surface area (Å²) in [5.74, 6) is 1.73. The first-order valence-corrected chi connectivity index (χ1v) is 7.66. The molecule has 6 nitrogen and oxygen atoms in total. The van der Waals surface area contributed by atoms with Gasteiger partial charge in [-0.2, -0.15) is 0 Å². The van der Waals surface area contributed by atoms with Crippen LogP contribution in [0.25, 0.3) is 11.2 Å². The molecule has 0 aromatic carbocycles. The summed E-state index contributed by atoms with van der Waals surface area (Å²) in [4.78, 5) is 32.6. The van der Waals surface area contributed by atoms with Gasteiger partial charge in [0.05, 0.1) is 6.33 Å². The molecule has 21 heavy (non-hydrogen) atoms. The Kier molecular flexibility index (Phi) is 3.47. The average Bonchev–Trinajstić information content (AvgIpc) is 2.81. The van der Waals surface area contributed by atoms with Gasteiger partial charge in [-0.1, -0.05) is 27.2 Å². The van der Waals surface area contributed by atoms with Gasteiger partial charge in [-0.3, -0.25) is 14.8 Å². The van der Waals surface area contributed by atoms with Crippen LogP contribution >= 0.6 is 0 Å². The normalized spacial score (nSPS) is 26.6. The molecular formula is C15H22N4O2. The first kappa shape index (κ1) is 14.1. The molecule has 1 aliphatic rings. The fourth-order valence-corrected chi connectivity index (χ4v) is 3.70. The Morgan fingerprint density at radius 1 is 1.29 bits per heavy atom. The smallest absolute Gasteiger partial charge is 0.321 e. The maximum Gasteiger partial charge on any atom is 0.327 e. The van der Waals surface area contributed by atoms with E-state index in [1.165, 1.54) is 12.8 Å². The van der Waals surface area contributed by atoms with E-state index in [2.05, 4.69) is 35.7 Å². The van der Waals surface area contributed by atoms with E-state index in [1.54, 1.807) is 6.33 Å². The highest BCUT2D eigenvalue weighted by molar-refractivity contribution is 5.69. The number of nitrogens with zero attached hydrogens (tertiary/aromatic N) is 2. The Bertz CT molecular complexity index is 755. The summed E-state index contributed by atoms with van der Waals surface area (Å²) in [6.07, 6.45) is 5.16. The lowest BCUT2D eigenvalue weighted by molar-refractivity contribution is 0.152. The summed E-state index contributed by atoms with van der Waals surface area (Å²) in [6, 6.07) is 0.269. The van der Waals surface area contributed by atoms with E-state index in [0.29, 0.717) is 28.9 Å². The third kappa shape index (κ3) is 2.43. The van der Waals surface area contributed by atoms with Crippen LogP contribution in [0.2, 0.25) is 0 Å². The fraction of sp³-hybridized carbons (Fsp3) is 0.667. The van der Waals surface area contributed by atoms with E-state index in [9.17, 15) is 9.59 Å². The monoisotopic (exact) mass is 290 g/mol. The maximum absolute atomic E-state index is 12.1. The molecule has 3 rings (SSSR count). The molecule has 2 aromatic rings. The second kappa shape index (κ2) is 5.16. The van der Waals surface area contributed by atoms with E-state index in [4.69, 9.17) is 0 Å². The van der Waals surface area contributed by atoms with Gasteiger partial charge in [0.1, 0.15) is 0 Å². The Hall–Kier alpha value is -1.85. The Morgan fingerprint density at radius 2 is 2.05 bits per heavy atom. The van der Waals surface area contributed by atoms with Crippen LogP contribution in [-0.2, 0) is 0 Å². The zero-order valence-corrected chi connectivity index (χ0v) is 12.7. The Balaban J connectivity index is 2.13. The van der Waals surface area contributed by atoms with Crippen LogP contribution in [0.3, 0.4) is 0 Å². The molecule has 1 fully saturated rings. The van der Waals surface area contributed by atoms with Crippen LogP contribution in [-0.4, -0.2) is 19.5 Å². The average molecular weight is 290 g/mol. The number of aromatic amines is 2. The van der Waals surface area contributed by atoms with E-state index in [0.717, 1.165) is 6.42 Å². The largest absolute Gasteiger partial charge is 0.327 e. The van der Waals surface area contributed by atoms with Crippen LogP contribution in [0.1, 0.15) is 46.1 Å². The highest BCUT2D eigenvalue weighted by atomic mass is 16.2. The minimum atomic E-state index is -0.504. The maximum atomic E-state index is 12.1. The number of fused-ring (bicyclic) bond motifs is 1. The molecule has 1 saturated carbocycles. The number of imidazole rings is 1. The molecule has 3 unspecified atom stereocenters. The highest BCUT2D eigenvalue weighted by Crippen LogP contribution is 2.41. The van der Waals surface area contributed by atoms with Crippen LogP contribution in [0.4, 0.5) is 0 Å². The third-order valence-corrected chi connectivity index (χ3v) is 4.81. The first-order chi connectivity index (χ1) is 9.97. The third-order valence-electron chi connectivity index (χ3n) is 4.81. The minimum Gasteiger partial charge on any atom is -0.321 e. The molecule has 0 bridgehead atoms. The number of hydrogen-bond acceptors (Lipinski definition) is 3. The first-order valence-electron chi connectivity index (χ1n) is 7.66. The summed E-state index contributed by atoms with van der Waals surface area (Å²) in [5.41, 5.74) is 0.00554. The van der Waals surface area contributed by atoms with Crippen molar-refractivity contribution in [2.75, 3.05) is 0 Å². The van der Waals surface area contributed by atoms with Crippen molar-refractivity contribution in [2.24, 2.45) is 17.8 Å². The summed E-state index contributed by atoms with van der Waals surface area (Å²) < 4.78 is 1.98. The number of nitrogens with one attached hydrogen (secondary N) is 2. The van der Waals surface area contributed by atoms with E-state index >= 15 is 0 Å². The SMILES string of the molecule is CC1CCC(C(C)C)C(n2cnc3[nH]c(=O)[nH]c(=O)c32)C1. The van der Waals surface area contributed by atoms with Gasteiger partial charge >= 0.3 is 5.69 Å². The van der Waals surface area contributed by atoms with E-state index < -0.39 is 5.69 Å². The second-order valence-electron chi connectivity index (χ2n) is 6.65. The van der Waals surface area contributed by atoms with Gasteiger partial charge in [-0.25, -0.2) is 9.78 Å². The molecular weight excluding hydrogens is 268 g/mol. The van der Waals surface area contributed by atoms with Gasteiger partial charge in [0, 0.05) is 6.04 Å². The molecule has 1 aliphatic carbocycles. The quantitative estimate of drug-likeness (QED) is 0.887. The lowest BCUT2D eigenvalue weighted by atomic mass is 9.74. The Morgan fingerprint density at radius 3 is 2.76 bits per heavy atom. The van der Waals surface area contributed by atoms with Crippen LogP contribution in [0.15, 0.2) is 15.9 Å². The molecule has 0 amide bonds. The number of H-pyrrole nitrogens is 2. The zero-order valence-electron chi connectivity index (χ0n) is 12.7. The van der Waals surface area contributed by atoms with E-state index in [-0.39, 0.29) is 11.6 Å². The topological polar surface area (TPSA) is 83.5 Å². The molecule has 3 atom stereocenters. The van der Waals surface area contributed by atoms with Crippen LogP contribution < -0.4 is 11.2 Å². The van der Waals surface area contributed by atoms with Crippen molar-refractivity contribution in [2.45, 2.75) is 46.1 Å². The fourth-order valence-electron chi connectivity index (χ4n) is 3.70. The van der Waals surface area contributed by atoms with Crippen molar-refractivity contribution < 1.29 is 0 Å². The highest BCUT2D eigenvalue weighted by Gasteiger charge is 2.33. The van der Waals surface area contributed by atoms with Gasteiger partial charge in [-0.05, 0) is 30.6 Å². The Labute approximate surface area is 122 Å². The number of rotatable bonds is 2. The van der Waals surface area contributed by atoms with Gasteiger partial charge in [0.25, 0.3) is 5.56 Å². The van der Waals surface area contributed by atoms with E-state index in [1.807, 2.05) is 4.57 Å². The van der Waals surface area contributed by atoms with Crippen LogP contribution in [0, 0.1) is 17.8 Å². The molecule has 2 heterocycles. The van der Waals surface area contributed by atoms with Crippen molar-refractivity contribution in [3.05, 3.63) is 27.2 Å². The lowest BCUT2D eigenvalue weighted by Gasteiger charge is -2.38. The summed E-state index contributed by atoms with van der Waals surface area (Å²) in [5, 5.41) is 0. The molecule has 2 N–H and O–H groups in total. The van der Waals surface area contributed by atoms with Crippen LogP contribution in [0.5, 0.6) is 0 Å². The molecule has 0 spiro atoms. The van der Waals surface area contributed by atoms with Gasteiger partial charge in [0.2, 0.25) is 0 Å². The second-order valence-corrected chi connectivity index (χ2v) is 6.65. The minimum absolute atomic E-state index is 0.269. The summed E-state index contributed by atoms with van der Waals surface area (Å²) in [7, 11) is 0. The molecule has 0 radical (unpaired) electrons. The van der Waals surface area contributed by atoms with Crippen molar-refractivity contribution in [3.8, 4) is 0 Å². The number of hydrogen-bond donors (Lipinski definition) is 2. The lowest BCUT2D eigenvalue weighted by Crippen LogP contribution is -2.32. The molecule has 0 aliphatic heterocycles. The van der Waals surface area contributed by atoms with Gasteiger partial charge < -0.3 is 4.57 Å². The standard InChI is InChI=1S/C15H22N4O2/c1-8(2)10-5-4-9(3)6-11(10)19-7-16-13-12(19)14(20)18-15(21)17-13/h7-11H,4-6H2,1-3H3,(H2,17,18,20,21). The molecule has 0 saturated heterocycles. The summed E-state index contributed by atoms with van der Waals surface area (Å²) in [6.45, 7) is 6.73. The van der Waals surface area contributed by atoms with Crippen molar-refractivity contribution >= 4 is 11.2 Å². The van der Waals surface area contributed by atoms with Crippen molar-refractivity contribution in [1.29, 1.82) is 0 Å². The van der Waals surface area contributed by atoms with Crippen molar-refractivity contribution in [3.63, 3.8) is 0 Å². The van der Waals surface area contributed by atoms with Gasteiger partial charge in [-0.15, -0.1) is 0 Å². The van der Waals surface area contributed by atoms with Gasteiger partial charge in [0.15, 0.2) is 11.2 Å². The molecule has 2 aromatic heterocycles. The summed E-state index contributed by atoms with van der Waals surface area (Å²) >= 11 is 0. The van der Waals surface area contributed by atoms with Crippen molar-refractivity contribution in [1.82, 2.24) is 19.5 Å².